The Kier molecular flexibility index (Phi) is 4.53. The lowest BCUT2D eigenvalue weighted by molar-refractivity contribution is -0.387. The number of nitro benzene ring substituents is 1. The predicted molar refractivity (Wildman–Crippen MR) is 82.5 cm³/mol. The number of thioether (sulfide) groups is 1. The zero-order chi connectivity index (χ0) is 15.6. The molecule has 1 aromatic rings. The molecule has 0 radical (unpaired) electrons. The summed E-state index contributed by atoms with van der Waals surface area (Å²) in [5.74, 6) is 0.0810. The van der Waals surface area contributed by atoms with Gasteiger partial charge >= 0.3 is 0 Å². The first-order valence-electron chi connectivity index (χ1n) is 6.76. The summed E-state index contributed by atoms with van der Waals surface area (Å²) < 4.78 is 0. The average Bonchev–Trinajstić information content (AvgIpc) is 3.31. The van der Waals surface area contributed by atoms with Gasteiger partial charge in [-0.3, -0.25) is 14.9 Å². The predicted octanol–water partition coefficient (Wildman–Crippen LogP) is 2.17. The van der Waals surface area contributed by atoms with Crippen LogP contribution in [0.4, 0.5) is 5.69 Å². The smallest absolute Gasteiger partial charge is 0.283 e. The number of rotatable bonds is 6. The normalized spacial score (nSPS) is 17.1. The SMILES string of the molecule is CSc1ccc(C(=O)NC(C)(CN)C2CC2)cc1[N+](=O)[O-]. The van der Waals surface area contributed by atoms with E-state index in [4.69, 9.17) is 5.73 Å². The third kappa shape index (κ3) is 3.36. The van der Waals surface area contributed by atoms with Crippen molar-refractivity contribution in [2.24, 2.45) is 11.7 Å². The molecule has 1 aliphatic rings. The molecule has 7 heteroatoms. The number of carbonyl (C=O) groups is 1. The molecule has 1 atom stereocenters. The number of amides is 1. The van der Waals surface area contributed by atoms with E-state index < -0.39 is 10.5 Å². The lowest BCUT2D eigenvalue weighted by atomic mass is 9.95. The quantitative estimate of drug-likeness (QED) is 0.477. The van der Waals surface area contributed by atoms with Crippen LogP contribution in [0.15, 0.2) is 23.1 Å². The minimum absolute atomic E-state index is 0.0453. The largest absolute Gasteiger partial charge is 0.345 e. The maximum atomic E-state index is 12.3. The monoisotopic (exact) mass is 309 g/mol. The fourth-order valence-electron chi connectivity index (χ4n) is 2.35. The third-order valence-electron chi connectivity index (χ3n) is 3.94. The molecule has 21 heavy (non-hydrogen) atoms. The highest BCUT2D eigenvalue weighted by atomic mass is 32.2. The van der Waals surface area contributed by atoms with E-state index >= 15 is 0 Å². The van der Waals surface area contributed by atoms with Crippen LogP contribution in [-0.4, -0.2) is 29.2 Å². The molecule has 114 valence electrons. The van der Waals surface area contributed by atoms with E-state index in [2.05, 4.69) is 5.32 Å². The molecule has 6 nitrogen and oxygen atoms in total. The first-order valence-corrected chi connectivity index (χ1v) is 7.99. The first kappa shape index (κ1) is 15.8. The molecule has 1 saturated carbocycles. The van der Waals surface area contributed by atoms with Gasteiger partial charge < -0.3 is 11.1 Å². The number of benzene rings is 1. The summed E-state index contributed by atoms with van der Waals surface area (Å²) in [4.78, 5) is 23.5. The summed E-state index contributed by atoms with van der Waals surface area (Å²) >= 11 is 1.28. The van der Waals surface area contributed by atoms with E-state index in [-0.39, 0.29) is 11.6 Å². The van der Waals surface area contributed by atoms with Gasteiger partial charge in [0.1, 0.15) is 0 Å². The van der Waals surface area contributed by atoms with Gasteiger partial charge in [0, 0.05) is 18.2 Å². The summed E-state index contributed by atoms with van der Waals surface area (Å²) in [7, 11) is 0. The molecule has 1 unspecified atom stereocenters. The number of carbonyl (C=O) groups excluding carboxylic acids is 1. The van der Waals surface area contributed by atoms with Crippen molar-refractivity contribution in [3.63, 3.8) is 0 Å². The minimum Gasteiger partial charge on any atom is -0.345 e. The van der Waals surface area contributed by atoms with Gasteiger partial charge in [-0.15, -0.1) is 11.8 Å². The molecule has 1 aliphatic carbocycles. The summed E-state index contributed by atoms with van der Waals surface area (Å²) in [6.45, 7) is 2.28. The lowest BCUT2D eigenvalue weighted by Crippen LogP contribution is -2.53. The molecule has 3 N–H and O–H groups in total. The van der Waals surface area contributed by atoms with Gasteiger partial charge in [-0.05, 0) is 44.1 Å². The van der Waals surface area contributed by atoms with Gasteiger partial charge in [-0.2, -0.15) is 0 Å². The summed E-state index contributed by atoms with van der Waals surface area (Å²) in [6, 6.07) is 4.54. The van der Waals surface area contributed by atoms with Crippen molar-refractivity contribution in [2.75, 3.05) is 12.8 Å². The van der Waals surface area contributed by atoms with Gasteiger partial charge in [0.05, 0.1) is 15.4 Å². The first-order chi connectivity index (χ1) is 9.91. The van der Waals surface area contributed by atoms with E-state index in [0.29, 0.717) is 22.9 Å². The summed E-state index contributed by atoms with van der Waals surface area (Å²) in [5.41, 5.74) is 5.58. The van der Waals surface area contributed by atoms with Crippen LogP contribution in [0.3, 0.4) is 0 Å². The minimum atomic E-state index is -0.467. The molecule has 1 fully saturated rings. The van der Waals surface area contributed by atoms with E-state index in [9.17, 15) is 14.9 Å². The fraction of sp³-hybridized carbons (Fsp3) is 0.500. The average molecular weight is 309 g/mol. The van der Waals surface area contributed by atoms with Gasteiger partial charge in [0.15, 0.2) is 0 Å². The number of nitrogens with two attached hydrogens (primary N) is 1. The molecule has 0 aromatic heterocycles. The van der Waals surface area contributed by atoms with Crippen molar-refractivity contribution >= 4 is 23.4 Å². The molecule has 1 aromatic carbocycles. The van der Waals surface area contributed by atoms with Crippen LogP contribution in [-0.2, 0) is 0 Å². The highest BCUT2D eigenvalue weighted by molar-refractivity contribution is 7.98. The second-order valence-corrected chi connectivity index (χ2v) is 6.34. The van der Waals surface area contributed by atoms with E-state index in [1.54, 1.807) is 18.4 Å². The Hall–Kier alpha value is -1.60. The highest BCUT2D eigenvalue weighted by Gasteiger charge is 2.41. The number of hydrogen-bond acceptors (Lipinski definition) is 5. The Balaban J connectivity index is 2.23. The maximum Gasteiger partial charge on any atom is 0.283 e. The number of nitrogens with zero attached hydrogens (tertiary/aromatic N) is 1. The van der Waals surface area contributed by atoms with Crippen LogP contribution in [0, 0.1) is 16.0 Å². The number of hydrogen-bond donors (Lipinski definition) is 2. The molecule has 0 bridgehead atoms. The number of nitrogens with one attached hydrogen (secondary N) is 1. The zero-order valence-electron chi connectivity index (χ0n) is 12.1. The molecule has 0 heterocycles. The van der Waals surface area contributed by atoms with Crippen LogP contribution < -0.4 is 11.1 Å². The van der Waals surface area contributed by atoms with Gasteiger partial charge in [0.25, 0.3) is 11.6 Å². The summed E-state index contributed by atoms with van der Waals surface area (Å²) in [6.07, 6.45) is 3.87. The van der Waals surface area contributed by atoms with E-state index in [0.717, 1.165) is 12.8 Å². The van der Waals surface area contributed by atoms with Crippen LogP contribution in [0.2, 0.25) is 0 Å². The topological polar surface area (TPSA) is 98.3 Å². The molecule has 0 aliphatic heterocycles. The third-order valence-corrected chi connectivity index (χ3v) is 4.72. The standard InChI is InChI=1S/C14H19N3O3S/c1-14(8-15,10-4-5-10)16-13(18)9-3-6-12(21-2)11(7-9)17(19)20/h3,6-7,10H,4-5,8,15H2,1-2H3,(H,16,18). The van der Waals surface area contributed by atoms with E-state index in [1.165, 1.54) is 17.8 Å². The Morgan fingerprint density at radius 3 is 2.71 bits per heavy atom. The van der Waals surface area contributed by atoms with Gasteiger partial charge in [0.2, 0.25) is 0 Å². The van der Waals surface area contributed by atoms with Crippen molar-refractivity contribution in [3.8, 4) is 0 Å². The van der Waals surface area contributed by atoms with Crippen molar-refractivity contribution in [2.45, 2.75) is 30.2 Å². The molecular formula is C14H19N3O3S. The maximum absolute atomic E-state index is 12.3. The van der Waals surface area contributed by atoms with Crippen LogP contribution >= 0.6 is 11.8 Å². The second kappa shape index (κ2) is 6.03. The van der Waals surface area contributed by atoms with Crippen molar-refractivity contribution < 1.29 is 9.72 Å². The lowest BCUT2D eigenvalue weighted by Gasteiger charge is -2.29. The van der Waals surface area contributed by atoms with Crippen molar-refractivity contribution in [1.82, 2.24) is 5.32 Å². The molecule has 1 amide bonds. The van der Waals surface area contributed by atoms with Gasteiger partial charge in [-0.25, -0.2) is 0 Å². The highest BCUT2D eigenvalue weighted by Crippen LogP contribution is 2.39. The Labute approximate surface area is 127 Å². The second-order valence-electron chi connectivity index (χ2n) is 5.49. The molecule has 0 spiro atoms. The van der Waals surface area contributed by atoms with Crippen molar-refractivity contribution in [3.05, 3.63) is 33.9 Å². The van der Waals surface area contributed by atoms with Crippen LogP contribution in [0.1, 0.15) is 30.1 Å². The van der Waals surface area contributed by atoms with E-state index in [1.807, 2.05) is 6.92 Å². The molecule has 0 saturated heterocycles. The van der Waals surface area contributed by atoms with Crippen LogP contribution in [0.25, 0.3) is 0 Å². The Morgan fingerprint density at radius 2 is 2.24 bits per heavy atom. The molecule has 2 rings (SSSR count). The van der Waals surface area contributed by atoms with Crippen molar-refractivity contribution in [1.29, 1.82) is 0 Å². The Morgan fingerprint density at radius 1 is 1.57 bits per heavy atom. The summed E-state index contributed by atoms with van der Waals surface area (Å²) in [5, 5.41) is 14.0. The Bertz CT molecular complexity index is 575. The van der Waals surface area contributed by atoms with Gasteiger partial charge in [-0.1, -0.05) is 0 Å². The zero-order valence-corrected chi connectivity index (χ0v) is 12.9. The van der Waals surface area contributed by atoms with Crippen LogP contribution in [0.5, 0.6) is 0 Å². The fourth-order valence-corrected chi connectivity index (χ4v) is 2.89. The number of nitro groups is 1. The molecular weight excluding hydrogens is 290 g/mol.